The summed E-state index contributed by atoms with van der Waals surface area (Å²) in [5.41, 5.74) is 1.40. The summed E-state index contributed by atoms with van der Waals surface area (Å²) >= 11 is 0. The number of amides is 2. The molecule has 0 unspecified atom stereocenters. The van der Waals surface area contributed by atoms with Gasteiger partial charge in [-0.2, -0.15) is 5.10 Å². The first-order chi connectivity index (χ1) is 13.6. The van der Waals surface area contributed by atoms with Gasteiger partial charge in [0, 0.05) is 5.56 Å². The van der Waals surface area contributed by atoms with E-state index in [-0.39, 0.29) is 23.5 Å². The number of H-pyrrole nitrogens is 1. The van der Waals surface area contributed by atoms with Gasteiger partial charge in [-0.15, -0.1) is 0 Å². The van der Waals surface area contributed by atoms with E-state index in [9.17, 15) is 14.4 Å². The van der Waals surface area contributed by atoms with E-state index in [2.05, 4.69) is 10.2 Å². The summed E-state index contributed by atoms with van der Waals surface area (Å²) in [6.07, 6.45) is 1.26. The maximum atomic E-state index is 12.6. The fraction of sp³-hybridized carbons (Fsp3) is 0.0526. The molecule has 0 fully saturated rings. The lowest BCUT2D eigenvalue weighted by Crippen LogP contribution is -2.32. The van der Waals surface area contributed by atoms with Crippen molar-refractivity contribution in [2.24, 2.45) is 0 Å². The van der Waals surface area contributed by atoms with Gasteiger partial charge < -0.3 is 14.3 Å². The molecule has 5 rings (SSSR count). The molecule has 2 amide bonds. The molecule has 0 aliphatic carbocycles. The van der Waals surface area contributed by atoms with Crippen molar-refractivity contribution < 1.29 is 28.7 Å². The third kappa shape index (κ3) is 2.33. The summed E-state index contributed by atoms with van der Waals surface area (Å²) in [6.45, 7) is 0.121. The van der Waals surface area contributed by atoms with Gasteiger partial charge >= 0.3 is 5.97 Å². The second-order valence-electron chi connectivity index (χ2n) is 6.06. The Balaban J connectivity index is 1.43. The summed E-state index contributed by atoms with van der Waals surface area (Å²) < 4.78 is 10.6. The van der Waals surface area contributed by atoms with Crippen LogP contribution in [-0.4, -0.2) is 39.8 Å². The van der Waals surface area contributed by atoms with Crippen LogP contribution < -0.4 is 9.47 Å². The second-order valence-corrected chi connectivity index (χ2v) is 6.06. The minimum Gasteiger partial charge on any atom is -0.454 e. The van der Waals surface area contributed by atoms with E-state index < -0.39 is 17.8 Å². The molecule has 3 aromatic rings. The highest BCUT2D eigenvalue weighted by atomic mass is 16.7. The van der Waals surface area contributed by atoms with E-state index in [0.29, 0.717) is 27.8 Å². The average Bonchev–Trinajstić information content (AvgIpc) is 3.43. The first-order valence-electron chi connectivity index (χ1n) is 8.27. The van der Waals surface area contributed by atoms with Gasteiger partial charge in [0.1, 0.15) is 5.56 Å². The van der Waals surface area contributed by atoms with Crippen molar-refractivity contribution in [3.63, 3.8) is 0 Å². The van der Waals surface area contributed by atoms with Crippen molar-refractivity contribution in [2.45, 2.75) is 0 Å². The standard InChI is InChI=1S/C19H11N3O6/c23-17-11-3-1-2-4-12(11)18(24)22(17)28-19(25)13-8-20-21-16(13)10-5-6-14-15(7-10)27-9-26-14/h1-8H,9H2,(H,20,21). The number of benzene rings is 2. The molecule has 9 heteroatoms. The Hall–Kier alpha value is -4.14. The summed E-state index contributed by atoms with van der Waals surface area (Å²) in [5.74, 6) is -1.15. The fourth-order valence-corrected chi connectivity index (χ4v) is 3.10. The van der Waals surface area contributed by atoms with Crippen LogP contribution in [0.4, 0.5) is 0 Å². The lowest BCUT2D eigenvalue weighted by molar-refractivity contribution is -0.0584. The molecular formula is C19H11N3O6. The number of hydrogen-bond acceptors (Lipinski definition) is 7. The molecule has 0 radical (unpaired) electrons. The molecule has 0 bridgehead atoms. The zero-order valence-corrected chi connectivity index (χ0v) is 14.2. The number of aromatic nitrogens is 2. The molecule has 0 spiro atoms. The minimum absolute atomic E-state index is 0.0652. The van der Waals surface area contributed by atoms with E-state index in [1.807, 2.05) is 0 Å². The van der Waals surface area contributed by atoms with Crippen LogP contribution in [0.2, 0.25) is 0 Å². The summed E-state index contributed by atoms with van der Waals surface area (Å²) in [6, 6.07) is 11.4. The molecule has 28 heavy (non-hydrogen) atoms. The van der Waals surface area contributed by atoms with Crippen LogP contribution in [0.1, 0.15) is 31.1 Å². The Morgan fingerprint density at radius 1 is 1.04 bits per heavy atom. The number of nitrogens with one attached hydrogen (secondary N) is 1. The molecular weight excluding hydrogens is 366 g/mol. The minimum atomic E-state index is -0.893. The van der Waals surface area contributed by atoms with Crippen LogP contribution in [0.25, 0.3) is 11.3 Å². The maximum absolute atomic E-state index is 12.6. The van der Waals surface area contributed by atoms with Gasteiger partial charge in [-0.05, 0) is 30.3 Å². The number of ether oxygens (including phenoxy) is 2. The monoisotopic (exact) mass is 377 g/mol. The molecule has 0 atom stereocenters. The highest BCUT2D eigenvalue weighted by molar-refractivity contribution is 6.21. The van der Waals surface area contributed by atoms with Crippen molar-refractivity contribution in [2.75, 3.05) is 6.79 Å². The largest absolute Gasteiger partial charge is 0.454 e. The normalized spacial score (nSPS) is 14.4. The SMILES string of the molecule is O=C(ON1C(=O)c2ccccc2C1=O)c1cn[nH]c1-c1ccc2c(c1)OCO2. The van der Waals surface area contributed by atoms with Gasteiger partial charge in [-0.1, -0.05) is 17.2 Å². The number of hydroxylamine groups is 2. The first-order valence-corrected chi connectivity index (χ1v) is 8.27. The van der Waals surface area contributed by atoms with E-state index in [1.54, 1.807) is 30.3 Å². The van der Waals surface area contributed by atoms with Gasteiger partial charge in [0.25, 0.3) is 11.8 Å². The van der Waals surface area contributed by atoms with Crippen LogP contribution in [0.15, 0.2) is 48.7 Å². The van der Waals surface area contributed by atoms with Crippen LogP contribution >= 0.6 is 0 Å². The summed E-state index contributed by atoms with van der Waals surface area (Å²) in [4.78, 5) is 42.5. The second kappa shape index (κ2) is 5.95. The molecule has 0 saturated carbocycles. The number of imide groups is 1. The van der Waals surface area contributed by atoms with Gasteiger partial charge in [-0.3, -0.25) is 14.7 Å². The number of hydrogen-bond donors (Lipinski definition) is 1. The van der Waals surface area contributed by atoms with Crippen LogP contribution in [-0.2, 0) is 4.84 Å². The number of aromatic amines is 1. The Labute approximate surface area is 157 Å². The molecule has 3 heterocycles. The van der Waals surface area contributed by atoms with Crippen LogP contribution in [0.5, 0.6) is 11.5 Å². The van der Waals surface area contributed by atoms with Crippen molar-refractivity contribution >= 4 is 17.8 Å². The highest BCUT2D eigenvalue weighted by Crippen LogP contribution is 2.36. The van der Waals surface area contributed by atoms with E-state index in [0.717, 1.165) is 0 Å². The van der Waals surface area contributed by atoms with E-state index in [1.165, 1.54) is 18.3 Å². The number of nitrogens with zero attached hydrogens (tertiary/aromatic N) is 2. The number of carbonyl (C=O) groups excluding carboxylic acids is 3. The first kappa shape index (κ1) is 16.1. The predicted octanol–water partition coefficient (Wildman–Crippen LogP) is 2.17. The summed E-state index contributed by atoms with van der Waals surface area (Å²) in [5, 5.41) is 7.06. The third-order valence-corrected chi connectivity index (χ3v) is 4.45. The van der Waals surface area contributed by atoms with Gasteiger partial charge in [0.05, 0.1) is 23.0 Å². The maximum Gasteiger partial charge on any atom is 0.367 e. The Morgan fingerprint density at radius 3 is 2.50 bits per heavy atom. The average molecular weight is 377 g/mol. The third-order valence-electron chi connectivity index (χ3n) is 4.45. The Morgan fingerprint density at radius 2 is 1.75 bits per heavy atom. The van der Waals surface area contributed by atoms with Gasteiger partial charge in [0.15, 0.2) is 11.5 Å². The number of carbonyl (C=O) groups is 3. The van der Waals surface area contributed by atoms with Crippen LogP contribution in [0, 0.1) is 0 Å². The topological polar surface area (TPSA) is 111 Å². The fourth-order valence-electron chi connectivity index (χ4n) is 3.10. The summed E-state index contributed by atoms with van der Waals surface area (Å²) in [7, 11) is 0. The zero-order chi connectivity index (χ0) is 19.3. The molecule has 0 saturated heterocycles. The molecule has 138 valence electrons. The van der Waals surface area contributed by atoms with Crippen LogP contribution in [0.3, 0.4) is 0 Å². The number of rotatable bonds is 3. The Kier molecular flexibility index (Phi) is 3.41. The smallest absolute Gasteiger partial charge is 0.367 e. The highest BCUT2D eigenvalue weighted by Gasteiger charge is 2.39. The van der Waals surface area contributed by atoms with E-state index >= 15 is 0 Å². The predicted molar refractivity (Wildman–Crippen MR) is 92.5 cm³/mol. The molecule has 2 aliphatic heterocycles. The lowest BCUT2D eigenvalue weighted by Gasteiger charge is -2.12. The van der Waals surface area contributed by atoms with Crippen molar-refractivity contribution in [1.29, 1.82) is 0 Å². The van der Waals surface area contributed by atoms with Crippen molar-refractivity contribution in [3.8, 4) is 22.8 Å². The molecule has 2 aliphatic rings. The molecule has 2 aromatic carbocycles. The number of fused-ring (bicyclic) bond motifs is 2. The van der Waals surface area contributed by atoms with Crippen molar-refractivity contribution in [3.05, 3.63) is 65.4 Å². The van der Waals surface area contributed by atoms with Gasteiger partial charge in [-0.25, -0.2) is 4.79 Å². The molecule has 1 aromatic heterocycles. The van der Waals surface area contributed by atoms with E-state index in [4.69, 9.17) is 14.3 Å². The van der Waals surface area contributed by atoms with Crippen molar-refractivity contribution in [1.82, 2.24) is 15.3 Å². The molecule has 1 N–H and O–H groups in total. The molecule has 9 nitrogen and oxygen atoms in total. The Bertz CT molecular complexity index is 1120. The van der Waals surface area contributed by atoms with Gasteiger partial charge in [0.2, 0.25) is 6.79 Å². The quantitative estimate of drug-likeness (QED) is 0.697. The zero-order valence-electron chi connectivity index (χ0n) is 14.2. The lowest BCUT2D eigenvalue weighted by atomic mass is 10.1.